The number of ether oxygens (including phenoxy) is 2. The summed E-state index contributed by atoms with van der Waals surface area (Å²) in [6, 6.07) is 7.97. The third-order valence-corrected chi connectivity index (χ3v) is 7.39. The van der Waals surface area contributed by atoms with Crippen molar-refractivity contribution in [3.8, 4) is 11.5 Å². The Morgan fingerprint density at radius 3 is 2.32 bits per heavy atom. The Morgan fingerprint density at radius 1 is 1.03 bits per heavy atom. The lowest BCUT2D eigenvalue weighted by Gasteiger charge is -2.36. The van der Waals surface area contributed by atoms with Crippen LogP contribution in [-0.4, -0.2) is 98.5 Å². The number of aromatic nitrogens is 2. The molecule has 0 saturated heterocycles. The van der Waals surface area contributed by atoms with Crippen molar-refractivity contribution in [2.75, 3.05) is 38.7 Å². The van der Waals surface area contributed by atoms with Gasteiger partial charge in [-0.1, -0.05) is 25.4 Å². The highest BCUT2D eigenvalue weighted by Crippen LogP contribution is 2.36. The van der Waals surface area contributed by atoms with Gasteiger partial charge in [0.15, 0.2) is 17.6 Å². The van der Waals surface area contributed by atoms with Crippen LogP contribution >= 0.6 is 27.5 Å². The maximum absolute atomic E-state index is 10.8. The van der Waals surface area contributed by atoms with Crippen molar-refractivity contribution in [2.24, 2.45) is 0 Å². The molecule has 3 aromatic rings. The van der Waals surface area contributed by atoms with Crippen LogP contribution in [0.5, 0.6) is 11.5 Å². The SMILES string of the molecule is CCN(CC)[C@@H](CO)[C@@H](O)[C@H](O)[C@H](CO)Oc1cc2ncnc(Nc3ccc(Br)c(Cl)c3)c2cc1OC.O. The smallest absolute Gasteiger partial charge is 0.164 e. The first-order valence-corrected chi connectivity index (χ1v) is 13.0. The molecule has 4 atom stereocenters. The van der Waals surface area contributed by atoms with Gasteiger partial charge in [-0.25, -0.2) is 9.97 Å². The lowest BCUT2D eigenvalue weighted by Crippen LogP contribution is -2.55. The molecule has 0 aliphatic heterocycles. The number of methoxy groups -OCH3 is 1. The highest BCUT2D eigenvalue weighted by molar-refractivity contribution is 9.10. The zero-order chi connectivity index (χ0) is 27.1. The van der Waals surface area contributed by atoms with Crippen molar-refractivity contribution < 1.29 is 35.4 Å². The molecule has 1 heterocycles. The number of benzene rings is 2. The third-order valence-electron chi connectivity index (χ3n) is 6.15. The highest BCUT2D eigenvalue weighted by Gasteiger charge is 2.35. The number of hydrogen-bond donors (Lipinski definition) is 5. The summed E-state index contributed by atoms with van der Waals surface area (Å²) in [5, 5.41) is 45.8. The molecular formula is C25H34BrClN4O7. The van der Waals surface area contributed by atoms with Crippen molar-refractivity contribution in [3.63, 3.8) is 0 Å². The van der Waals surface area contributed by atoms with Gasteiger partial charge in [0, 0.05) is 21.6 Å². The lowest BCUT2D eigenvalue weighted by atomic mass is 10.00. The van der Waals surface area contributed by atoms with Crippen LogP contribution in [-0.2, 0) is 0 Å². The minimum absolute atomic E-state index is 0. The first kappa shape index (κ1) is 31.9. The Labute approximate surface area is 234 Å². The van der Waals surface area contributed by atoms with E-state index in [-0.39, 0.29) is 17.8 Å². The summed E-state index contributed by atoms with van der Waals surface area (Å²) in [5.41, 5.74) is 1.23. The van der Waals surface area contributed by atoms with Crippen molar-refractivity contribution in [1.29, 1.82) is 0 Å². The molecule has 0 radical (unpaired) electrons. The van der Waals surface area contributed by atoms with E-state index in [0.717, 1.165) is 10.2 Å². The van der Waals surface area contributed by atoms with E-state index < -0.39 is 31.0 Å². The molecule has 0 unspecified atom stereocenters. The average Bonchev–Trinajstić information content (AvgIpc) is 2.91. The molecule has 11 nitrogen and oxygen atoms in total. The number of anilines is 2. The molecular weight excluding hydrogens is 584 g/mol. The van der Waals surface area contributed by atoms with Crippen LogP contribution in [0.1, 0.15) is 13.8 Å². The minimum atomic E-state index is -1.49. The molecule has 0 aliphatic carbocycles. The van der Waals surface area contributed by atoms with Crippen LogP contribution in [0.4, 0.5) is 11.5 Å². The Balaban J connectivity index is 0.00000507. The van der Waals surface area contributed by atoms with E-state index in [0.29, 0.717) is 40.6 Å². The van der Waals surface area contributed by atoms with E-state index in [1.807, 2.05) is 30.9 Å². The second-order valence-electron chi connectivity index (χ2n) is 8.29. The molecule has 2 aromatic carbocycles. The zero-order valence-corrected chi connectivity index (χ0v) is 23.6. The van der Waals surface area contributed by atoms with Gasteiger partial charge in [-0.2, -0.15) is 0 Å². The van der Waals surface area contributed by atoms with E-state index in [2.05, 4.69) is 31.2 Å². The average molecular weight is 618 g/mol. The van der Waals surface area contributed by atoms with Crippen LogP contribution in [0.2, 0.25) is 5.02 Å². The molecule has 38 heavy (non-hydrogen) atoms. The normalized spacial score (nSPS) is 14.5. The van der Waals surface area contributed by atoms with E-state index in [4.69, 9.17) is 21.1 Å². The molecule has 0 bridgehead atoms. The molecule has 0 spiro atoms. The topological polar surface area (TPSA) is 172 Å². The predicted molar refractivity (Wildman–Crippen MR) is 149 cm³/mol. The molecule has 7 N–H and O–H groups in total. The minimum Gasteiger partial charge on any atom is -0.493 e. The number of likely N-dealkylation sites (N-methyl/N-ethyl adjacent to an activating group) is 1. The summed E-state index contributed by atoms with van der Waals surface area (Å²) in [6.07, 6.45) is -2.67. The van der Waals surface area contributed by atoms with Crippen molar-refractivity contribution >= 4 is 49.9 Å². The quantitative estimate of drug-likeness (QED) is 0.191. The summed E-state index contributed by atoms with van der Waals surface area (Å²) >= 11 is 9.58. The van der Waals surface area contributed by atoms with E-state index >= 15 is 0 Å². The van der Waals surface area contributed by atoms with Crippen LogP contribution in [0, 0.1) is 0 Å². The summed E-state index contributed by atoms with van der Waals surface area (Å²) in [4.78, 5) is 10.5. The number of hydrogen-bond acceptors (Lipinski definition) is 10. The maximum Gasteiger partial charge on any atom is 0.164 e. The highest BCUT2D eigenvalue weighted by atomic mass is 79.9. The number of halogens is 2. The number of aliphatic hydroxyl groups excluding tert-OH is 4. The van der Waals surface area contributed by atoms with Crippen LogP contribution in [0.25, 0.3) is 10.9 Å². The van der Waals surface area contributed by atoms with Crippen LogP contribution < -0.4 is 14.8 Å². The standard InChI is InChI=1S/C25H32BrClN4O6.H2O/c1-4-31(5-2)19(11-32)23(34)24(35)22(12-33)37-21-10-18-15(9-20(21)36-3)25(29-13-28-18)30-14-6-7-16(26)17(27)8-14;/h6-10,13,19,22-24,32-35H,4-5,11-12H2,1-3H3,(H,28,29,30);1H2/t19-,22-,23+,24+;/m0./s1. The first-order valence-electron chi connectivity index (χ1n) is 11.8. The van der Waals surface area contributed by atoms with Crippen molar-refractivity contribution in [3.05, 3.63) is 46.2 Å². The van der Waals surface area contributed by atoms with Gasteiger partial charge in [0.1, 0.15) is 24.4 Å². The van der Waals surface area contributed by atoms with Gasteiger partial charge in [-0.3, -0.25) is 4.90 Å². The van der Waals surface area contributed by atoms with Crippen molar-refractivity contribution in [2.45, 2.75) is 38.2 Å². The van der Waals surface area contributed by atoms with Gasteiger partial charge < -0.3 is 40.7 Å². The first-order chi connectivity index (χ1) is 17.8. The molecule has 3 rings (SSSR count). The fraction of sp³-hybridized carbons (Fsp3) is 0.440. The van der Waals surface area contributed by atoms with Gasteiger partial charge in [0.05, 0.1) is 36.9 Å². The number of rotatable bonds is 13. The van der Waals surface area contributed by atoms with Gasteiger partial charge in [-0.15, -0.1) is 0 Å². The Hall–Kier alpha value is -2.29. The van der Waals surface area contributed by atoms with Gasteiger partial charge >= 0.3 is 0 Å². The van der Waals surface area contributed by atoms with Gasteiger partial charge in [0.25, 0.3) is 0 Å². The van der Waals surface area contributed by atoms with E-state index in [1.54, 1.807) is 18.2 Å². The summed E-state index contributed by atoms with van der Waals surface area (Å²) in [7, 11) is 1.46. The van der Waals surface area contributed by atoms with E-state index in [9.17, 15) is 20.4 Å². The number of nitrogens with zero attached hydrogens (tertiary/aromatic N) is 3. The predicted octanol–water partition coefficient (Wildman–Crippen LogP) is 2.14. The lowest BCUT2D eigenvalue weighted by molar-refractivity contribution is -0.102. The summed E-state index contributed by atoms with van der Waals surface area (Å²) in [5.74, 6) is 1.02. The van der Waals surface area contributed by atoms with Crippen LogP contribution in [0.3, 0.4) is 0 Å². The van der Waals surface area contributed by atoms with Gasteiger partial charge in [0.2, 0.25) is 0 Å². The Morgan fingerprint density at radius 2 is 1.74 bits per heavy atom. The fourth-order valence-electron chi connectivity index (χ4n) is 4.08. The molecule has 0 fully saturated rings. The Bertz CT molecular complexity index is 1190. The number of fused-ring (bicyclic) bond motifs is 1. The van der Waals surface area contributed by atoms with E-state index in [1.165, 1.54) is 13.4 Å². The molecule has 1 aromatic heterocycles. The zero-order valence-electron chi connectivity index (χ0n) is 21.3. The second-order valence-corrected chi connectivity index (χ2v) is 9.55. The number of aliphatic hydroxyl groups is 4. The molecule has 0 aliphatic rings. The monoisotopic (exact) mass is 616 g/mol. The fourth-order valence-corrected chi connectivity index (χ4v) is 4.51. The number of nitrogens with one attached hydrogen (secondary N) is 1. The summed E-state index contributed by atoms with van der Waals surface area (Å²) < 4.78 is 12.2. The molecule has 210 valence electrons. The van der Waals surface area contributed by atoms with Crippen molar-refractivity contribution in [1.82, 2.24) is 14.9 Å². The third kappa shape index (κ3) is 7.21. The molecule has 13 heteroatoms. The molecule has 0 saturated carbocycles. The second kappa shape index (κ2) is 14.8. The largest absolute Gasteiger partial charge is 0.493 e. The summed E-state index contributed by atoms with van der Waals surface area (Å²) in [6.45, 7) is 3.96. The molecule has 0 amide bonds. The van der Waals surface area contributed by atoms with Crippen LogP contribution in [0.15, 0.2) is 41.1 Å². The van der Waals surface area contributed by atoms with Gasteiger partial charge in [-0.05, 0) is 53.3 Å². The maximum atomic E-state index is 10.8. The Kier molecular flexibility index (Phi) is 12.4.